The summed E-state index contributed by atoms with van der Waals surface area (Å²) in [4.78, 5) is 24.4. The fourth-order valence-electron chi connectivity index (χ4n) is 2.89. The average Bonchev–Trinajstić information content (AvgIpc) is 2.73. The van der Waals surface area contributed by atoms with Gasteiger partial charge in [0.2, 0.25) is 10.0 Å². The minimum absolute atomic E-state index is 0.0355. The third kappa shape index (κ3) is 5.45. The number of carbonyl (C=O) groups is 2. The number of anilines is 1. The van der Waals surface area contributed by atoms with Gasteiger partial charge in [-0.3, -0.25) is 4.79 Å². The number of sulfonamides is 1. The van der Waals surface area contributed by atoms with Gasteiger partial charge < -0.3 is 14.8 Å². The molecule has 2 aromatic carbocycles. The van der Waals surface area contributed by atoms with Gasteiger partial charge in [-0.15, -0.1) is 0 Å². The maximum atomic E-state index is 12.9. The standard InChI is InChI=1S/C20H21BrN2O6S/c1-14-3-2-4-16(11-14)22-19(24)13-29-20(25)15-5-6-17(21)18(12-15)30(26,27)23-7-9-28-10-8-23/h2-6,11-12H,7-10,13H2,1H3,(H,22,24). The number of morpholine rings is 1. The highest BCUT2D eigenvalue weighted by molar-refractivity contribution is 9.10. The van der Waals surface area contributed by atoms with E-state index in [0.29, 0.717) is 23.4 Å². The molecule has 1 saturated heterocycles. The van der Waals surface area contributed by atoms with E-state index >= 15 is 0 Å². The first kappa shape index (κ1) is 22.4. The Kier molecular flexibility index (Phi) is 7.24. The van der Waals surface area contributed by atoms with Crippen molar-refractivity contribution < 1.29 is 27.5 Å². The van der Waals surface area contributed by atoms with Gasteiger partial charge in [-0.1, -0.05) is 12.1 Å². The Morgan fingerprint density at radius 2 is 1.90 bits per heavy atom. The monoisotopic (exact) mass is 496 g/mol. The number of amides is 1. The van der Waals surface area contributed by atoms with Crippen molar-refractivity contribution in [3.63, 3.8) is 0 Å². The van der Waals surface area contributed by atoms with Gasteiger partial charge in [0.25, 0.3) is 5.91 Å². The number of aryl methyl sites for hydroxylation is 1. The largest absolute Gasteiger partial charge is 0.452 e. The van der Waals surface area contributed by atoms with Gasteiger partial charge in [0.1, 0.15) is 0 Å². The van der Waals surface area contributed by atoms with Gasteiger partial charge >= 0.3 is 5.97 Å². The maximum Gasteiger partial charge on any atom is 0.338 e. The summed E-state index contributed by atoms with van der Waals surface area (Å²) in [5.41, 5.74) is 1.61. The molecule has 1 aliphatic heterocycles. The van der Waals surface area contributed by atoms with Crippen molar-refractivity contribution in [2.24, 2.45) is 0 Å². The second-order valence-electron chi connectivity index (χ2n) is 6.66. The van der Waals surface area contributed by atoms with E-state index in [1.807, 2.05) is 13.0 Å². The minimum Gasteiger partial charge on any atom is -0.452 e. The summed E-state index contributed by atoms with van der Waals surface area (Å²) in [6.07, 6.45) is 0. The molecule has 8 nitrogen and oxygen atoms in total. The van der Waals surface area contributed by atoms with Crippen LogP contribution in [0.4, 0.5) is 5.69 Å². The topological polar surface area (TPSA) is 102 Å². The van der Waals surface area contributed by atoms with E-state index in [4.69, 9.17) is 9.47 Å². The fraction of sp³-hybridized carbons (Fsp3) is 0.300. The second kappa shape index (κ2) is 9.69. The SMILES string of the molecule is Cc1cccc(NC(=O)COC(=O)c2ccc(Br)c(S(=O)(=O)N3CCOCC3)c2)c1. The van der Waals surface area contributed by atoms with Crippen molar-refractivity contribution in [2.75, 3.05) is 38.2 Å². The van der Waals surface area contributed by atoms with Crippen LogP contribution in [0.2, 0.25) is 0 Å². The molecule has 0 aliphatic carbocycles. The van der Waals surface area contributed by atoms with E-state index in [0.717, 1.165) is 5.56 Å². The molecule has 1 amide bonds. The lowest BCUT2D eigenvalue weighted by Gasteiger charge is -2.26. The summed E-state index contributed by atoms with van der Waals surface area (Å²) < 4.78 is 37.7. The Morgan fingerprint density at radius 3 is 2.60 bits per heavy atom. The zero-order valence-corrected chi connectivity index (χ0v) is 18.7. The Hall–Kier alpha value is -2.27. The number of rotatable bonds is 6. The third-order valence-corrected chi connectivity index (χ3v) is 7.28. The van der Waals surface area contributed by atoms with E-state index in [1.54, 1.807) is 18.2 Å². The average molecular weight is 497 g/mol. The molecule has 0 radical (unpaired) electrons. The first-order valence-corrected chi connectivity index (χ1v) is 11.4. The molecular formula is C20H21BrN2O6S. The van der Waals surface area contributed by atoms with Crippen LogP contribution in [0.5, 0.6) is 0 Å². The summed E-state index contributed by atoms with van der Waals surface area (Å²) in [7, 11) is -3.81. The number of nitrogens with zero attached hydrogens (tertiary/aromatic N) is 1. The summed E-state index contributed by atoms with van der Waals surface area (Å²) in [6, 6.07) is 11.4. The Morgan fingerprint density at radius 1 is 1.17 bits per heavy atom. The van der Waals surface area contributed by atoms with Crippen molar-refractivity contribution in [3.8, 4) is 0 Å². The van der Waals surface area contributed by atoms with Crippen molar-refractivity contribution in [1.29, 1.82) is 0 Å². The number of benzene rings is 2. The first-order valence-electron chi connectivity index (χ1n) is 9.18. The van der Waals surface area contributed by atoms with Crippen LogP contribution < -0.4 is 5.32 Å². The number of ether oxygens (including phenoxy) is 2. The van der Waals surface area contributed by atoms with Crippen LogP contribution in [-0.2, 0) is 24.3 Å². The predicted octanol–water partition coefficient (Wildman–Crippen LogP) is 2.57. The summed E-state index contributed by atoms with van der Waals surface area (Å²) in [5.74, 6) is -1.28. The van der Waals surface area contributed by atoms with E-state index in [9.17, 15) is 18.0 Å². The van der Waals surface area contributed by atoms with Crippen LogP contribution in [0, 0.1) is 6.92 Å². The number of carbonyl (C=O) groups excluding carboxylic acids is 2. The molecule has 30 heavy (non-hydrogen) atoms. The number of hydrogen-bond acceptors (Lipinski definition) is 6. The molecule has 10 heteroatoms. The molecule has 0 spiro atoms. The highest BCUT2D eigenvalue weighted by Crippen LogP contribution is 2.27. The molecule has 1 N–H and O–H groups in total. The number of hydrogen-bond donors (Lipinski definition) is 1. The highest BCUT2D eigenvalue weighted by atomic mass is 79.9. The second-order valence-corrected chi connectivity index (χ2v) is 9.42. The highest BCUT2D eigenvalue weighted by Gasteiger charge is 2.29. The number of halogens is 1. The van der Waals surface area contributed by atoms with Gasteiger partial charge in [0, 0.05) is 23.2 Å². The van der Waals surface area contributed by atoms with Crippen LogP contribution in [0.15, 0.2) is 51.8 Å². The van der Waals surface area contributed by atoms with E-state index in [-0.39, 0.29) is 23.5 Å². The van der Waals surface area contributed by atoms with Gasteiger partial charge in [-0.2, -0.15) is 4.31 Å². The molecule has 0 saturated carbocycles. The van der Waals surface area contributed by atoms with Gasteiger partial charge in [-0.25, -0.2) is 13.2 Å². The lowest BCUT2D eigenvalue weighted by atomic mass is 10.2. The van der Waals surface area contributed by atoms with E-state index in [2.05, 4.69) is 21.2 Å². The third-order valence-electron chi connectivity index (χ3n) is 4.39. The maximum absolute atomic E-state index is 12.9. The van der Waals surface area contributed by atoms with Crippen LogP contribution in [0.25, 0.3) is 0 Å². The molecule has 3 rings (SSSR count). The Bertz CT molecular complexity index is 1050. The van der Waals surface area contributed by atoms with Gasteiger partial charge in [0.15, 0.2) is 6.61 Å². The van der Waals surface area contributed by atoms with Crippen LogP contribution in [0.3, 0.4) is 0 Å². The molecule has 1 aliphatic rings. The van der Waals surface area contributed by atoms with E-state index in [1.165, 1.54) is 22.5 Å². The molecular weight excluding hydrogens is 476 g/mol. The van der Waals surface area contributed by atoms with Crippen molar-refractivity contribution >= 4 is 43.5 Å². The molecule has 1 heterocycles. The summed E-state index contributed by atoms with van der Waals surface area (Å²) in [6.45, 7) is 2.51. The lowest BCUT2D eigenvalue weighted by molar-refractivity contribution is -0.119. The first-order chi connectivity index (χ1) is 14.3. The Labute approximate surface area is 183 Å². The summed E-state index contributed by atoms with van der Waals surface area (Å²) >= 11 is 3.23. The lowest BCUT2D eigenvalue weighted by Crippen LogP contribution is -2.40. The predicted molar refractivity (Wildman–Crippen MR) is 114 cm³/mol. The van der Waals surface area contributed by atoms with Crippen LogP contribution in [-0.4, -0.2) is 57.5 Å². The number of nitrogens with one attached hydrogen (secondary N) is 1. The quantitative estimate of drug-likeness (QED) is 0.616. The fourth-order valence-corrected chi connectivity index (χ4v) is 5.25. The molecule has 0 bridgehead atoms. The van der Waals surface area contributed by atoms with Crippen molar-refractivity contribution in [1.82, 2.24) is 4.31 Å². The Balaban J connectivity index is 1.67. The molecule has 160 valence electrons. The van der Waals surface area contributed by atoms with Crippen molar-refractivity contribution in [3.05, 3.63) is 58.1 Å². The normalized spacial score (nSPS) is 14.9. The van der Waals surface area contributed by atoms with Gasteiger partial charge in [-0.05, 0) is 58.7 Å². The van der Waals surface area contributed by atoms with E-state index < -0.39 is 28.5 Å². The molecule has 1 fully saturated rings. The van der Waals surface area contributed by atoms with Crippen molar-refractivity contribution in [2.45, 2.75) is 11.8 Å². The smallest absolute Gasteiger partial charge is 0.338 e. The zero-order valence-electron chi connectivity index (χ0n) is 16.3. The molecule has 0 atom stereocenters. The molecule has 0 aromatic heterocycles. The van der Waals surface area contributed by atoms with Crippen LogP contribution >= 0.6 is 15.9 Å². The summed E-state index contributed by atoms with van der Waals surface area (Å²) in [5, 5.41) is 2.64. The zero-order chi connectivity index (χ0) is 21.7. The minimum atomic E-state index is -3.81. The van der Waals surface area contributed by atoms with Gasteiger partial charge in [0.05, 0.1) is 23.7 Å². The molecule has 0 unspecified atom stereocenters. The van der Waals surface area contributed by atoms with Crippen LogP contribution in [0.1, 0.15) is 15.9 Å². The molecule has 2 aromatic rings. The number of esters is 1.